The Hall–Kier alpha value is -1.30. The van der Waals surface area contributed by atoms with Crippen LogP contribution in [0.1, 0.15) is 34.1 Å². The SMILES string of the molecule is COC(=O)C(C)(CC1CO1)NC(=O)OC(C)(C)C. The van der Waals surface area contributed by atoms with Crippen molar-refractivity contribution in [3.05, 3.63) is 0 Å². The molecule has 1 aliphatic heterocycles. The molecule has 1 rings (SSSR count). The third kappa shape index (κ3) is 4.52. The minimum atomic E-state index is -1.13. The van der Waals surface area contributed by atoms with Crippen molar-refractivity contribution in [2.75, 3.05) is 13.7 Å². The molecule has 0 aliphatic carbocycles. The Kier molecular flexibility index (Phi) is 4.21. The van der Waals surface area contributed by atoms with Gasteiger partial charge in [0.1, 0.15) is 11.1 Å². The molecule has 0 aromatic rings. The standard InChI is InChI=1S/C12H21NO5/c1-11(2,3)18-10(15)13-12(4,9(14)16-5)6-8-7-17-8/h8H,6-7H2,1-5H3,(H,13,15). The molecule has 6 heteroatoms. The number of epoxide rings is 1. The molecule has 18 heavy (non-hydrogen) atoms. The van der Waals surface area contributed by atoms with Gasteiger partial charge in [-0.15, -0.1) is 0 Å². The van der Waals surface area contributed by atoms with E-state index >= 15 is 0 Å². The lowest BCUT2D eigenvalue weighted by Gasteiger charge is -2.29. The normalized spacial score (nSPS) is 21.7. The van der Waals surface area contributed by atoms with Crippen LogP contribution in [0, 0.1) is 0 Å². The van der Waals surface area contributed by atoms with Crippen LogP contribution in [0.5, 0.6) is 0 Å². The minimum absolute atomic E-state index is 0.0102. The molecule has 1 saturated heterocycles. The summed E-state index contributed by atoms with van der Waals surface area (Å²) in [5.74, 6) is -0.510. The molecule has 0 radical (unpaired) electrons. The zero-order valence-corrected chi connectivity index (χ0v) is 11.5. The number of carbonyl (C=O) groups is 2. The van der Waals surface area contributed by atoms with Crippen LogP contribution in [0.15, 0.2) is 0 Å². The number of amides is 1. The second kappa shape index (κ2) is 5.14. The van der Waals surface area contributed by atoms with Gasteiger partial charge in [0.25, 0.3) is 0 Å². The van der Waals surface area contributed by atoms with E-state index in [0.29, 0.717) is 13.0 Å². The van der Waals surface area contributed by atoms with Gasteiger partial charge in [0, 0.05) is 6.42 Å². The molecule has 2 atom stereocenters. The van der Waals surface area contributed by atoms with Gasteiger partial charge in [0.2, 0.25) is 0 Å². The van der Waals surface area contributed by atoms with Crippen LogP contribution < -0.4 is 5.32 Å². The van der Waals surface area contributed by atoms with Gasteiger partial charge < -0.3 is 19.5 Å². The molecule has 6 nitrogen and oxygen atoms in total. The quantitative estimate of drug-likeness (QED) is 0.607. The van der Waals surface area contributed by atoms with Crippen LogP contribution in [0.25, 0.3) is 0 Å². The Morgan fingerprint density at radius 1 is 1.33 bits per heavy atom. The number of carbonyl (C=O) groups excluding carboxylic acids is 2. The first-order chi connectivity index (χ1) is 8.16. The van der Waals surface area contributed by atoms with Gasteiger partial charge in [-0.05, 0) is 27.7 Å². The fraction of sp³-hybridized carbons (Fsp3) is 0.833. The molecule has 2 unspecified atom stereocenters. The predicted octanol–water partition coefficient (Wildman–Crippen LogP) is 1.23. The van der Waals surface area contributed by atoms with Crippen LogP contribution >= 0.6 is 0 Å². The molecule has 1 N–H and O–H groups in total. The summed E-state index contributed by atoms with van der Waals surface area (Å²) >= 11 is 0. The minimum Gasteiger partial charge on any atom is -0.467 e. The molecule has 1 aliphatic rings. The predicted molar refractivity (Wildman–Crippen MR) is 64.1 cm³/mol. The first kappa shape index (κ1) is 14.8. The average molecular weight is 259 g/mol. The van der Waals surface area contributed by atoms with Crippen LogP contribution in [-0.4, -0.2) is 43.0 Å². The maximum Gasteiger partial charge on any atom is 0.408 e. The van der Waals surface area contributed by atoms with E-state index in [4.69, 9.17) is 14.2 Å². The van der Waals surface area contributed by atoms with Gasteiger partial charge in [-0.2, -0.15) is 0 Å². The van der Waals surface area contributed by atoms with E-state index in [1.165, 1.54) is 7.11 Å². The molecule has 0 saturated carbocycles. The highest BCUT2D eigenvalue weighted by atomic mass is 16.6. The molecule has 0 aromatic heterocycles. The second-order valence-electron chi connectivity index (χ2n) is 5.61. The van der Waals surface area contributed by atoms with E-state index in [9.17, 15) is 9.59 Å². The Morgan fingerprint density at radius 3 is 2.28 bits per heavy atom. The molecule has 0 spiro atoms. The Labute approximate surface area is 107 Å². The van der Waals surface area contributed by atoms with Crippen molar-refractivity contribution < 1.29 is 23.8 Å². The third-order valence-corrected chi connectivity index (χ3v) is 2.45. The van der Waals surface area contributed by atoms with Gasteiger partial charge in [0.15, 0.2) is 0 Å². The summed E-state index contributed by atoms with van der Waals surface area (Å²) in [5.41, 5.74) is -1.74. The number of rotatable bonds is 4. The van der Waals surface area contributed by atoms with E-state index in [0.717, 1.165) is 0 Å². The Balaban J connectivity index is 2.65. The van der Waals surface area contributed by atoms with Crippen molar-refractivity contribution in [3.8, 4) is 0 Å². The number of nitrogens with one attached hydrogen (secondary N) is 1. The molecule has 1 fully saturated rings. The number of hydrogen-bond acceptors (Lipinski definition) is 5. The largest absolute Gasteiger partial charge is 0.467 e. The third-order valence-electron chi connectivity index (χ3n) is 2.45. The van der Waals surface area contributed by atoms with Crippen LogP contribution in [0.4, 0.5) is 4.79 Å². The monoisotopic (exact) mass is 259 g/mol. The fourth-order valence-corrected chi connectivity index (χ4v) is 1.58. The van der Waals surface area contributed by atoms with Crippen molar-refractivity contribution >= 4 is 12.1 Å². The summed E-state index contributed by atoms with van der Waals surface area (Å²) < 4.78 is 14.9. The topological polar surface area (TPSA) is 77.2 Å². The van der Waals surface area contributed by atoms with E-state index in [1.807, 2.05) is 0 Å². The molecular formula is C12H21NO5. The summed E-state index contributed by atoms with van der Waals surface area (Å²) in [6, 6.07) is 0. The highest BCUT2D eigenvalue weighted by Gasteiger charge is 2.43. The number of alkyl carbamates (subject to hydrolysis) is 1. The van der Waals surface area contributed by atoms with Gasteiger partial charge in [-0.25, -0.2) is 9.59 Å². The van der Waals surface area contributed by atoms with E-state index in [2.05, 4.69) is 5.32 Å². The number of methoxy groups -OCH3 is 1. The highest BCUT2D eigenvalue weighted by molar-refractivity contribution is 5.85. The van der Waals surface area contributed by atoms with Gasteiger partial charge in [-0.1, -0.05) is 0 Å². The maximum absolute atomic E-state index is 11.8. The van der Waals surface area contributed by atoms with Crippen molar-refractivity contribution in [1.29, 1.82) is 0 Å². The number of ether oxygens (including phenoxy) is 3. The van der Waals surface area contributed by atoms with Gasteiger partial charge in [-0.3, -0.25) is 0 Å². The summed E-state index contributed by atoms with van der Waals surface area (Å²) in [6.07, 6.45) is -0.279. The molecule has 1 amide bonds. The number of hydrogen-bond donors (Lipinski definition) is 1. The van der Waals surface area contributed by atoms with E-state index in [-0.39, 0.29) is 6.10 Å². The first-order valence-electron chi connectivity index (χ1n) is 5.87. The zero-order chi connectivity index (χ0) is 14.0. The molecule has 1 heterocycles. The van der Waals surface area contributed by atoms with Crippen LogP contribution in [-0.2, 0) is 19.0 Å². The fourth-order valence-electron chi connectivity index (χ4n) is 1.58. The first-order valence-corrected chi connectivity index (χ1v) is 5.87. The van der Waals surface area contributed by atoms with Crippen molar-refractivity contribution in [2.24, 2.45) is 0 Å². The van der Waals surface area contributed by atoms with E-state index < -0.39 is 23.2 Å². The lowest BCUT2D eigenvalue weighted by Crippen LogP contribution is -2.54. The lowest BCUT2D eigenvalue weighted by molar-refractivity contribution is -0.148. The van der Waals surface area contributed by atoms with Crippen LogP contribution in [0.2, 0.25) is 0 Å². The summed E-state index contributed by atoms with van der Waals surface area (Å²) in [5, 5.41) is 2.56. The Bertz CT molecular complexity index is 332. The average Bonchev–Trinajstić information content (AvgIpc) is 2.96. The lowest BCUT2D eigenvalue weighted by atomic mass is 9.96. The molecule has 0 aromatic carbocycles. The van der Waals surface area contributed by atoms with Crippen molar-refractivity contribution in [3.63, 3.8) is 0 Å². The molecule has 0 bridgehead atoms. The van der Waals surface area contributed by atoms with Crippen molar-refractivity contribution in [2.45, 2.75) is 51.4 Å². The summed E-state index contributed by atoms with van der Waals surface area (Å²) in [6.45, 7) is 7.47. The molecule has 104 valence electrons. The summed E-state index contributed by atoms with van der Waals surface area (Å²) in [7, 11) is 1.28. The van der Waals surface area contributed by atoms with Crippen molar-refractivity contribution in [1.82, 2.24) is 5.32 Å². The van der Waals surface area contributed by atoms with Crippen LogP contribution in [0.3, 0.4) is 0 Å². The molecular weight excluding hydrogens is 238 g/mol. The maximum atomic E-state index is 11.8. The highest BCUT2D eigenvalue weighted by Crippen LogP contribution is 2.24. The smallest absolute Gasteiger partial charge is 0.408 e. The summed E-state index contributed by atoms with van der Waals surface area (Å²) in [4.78, 5) is 23.5. The zero-order valence-electron chi connectivity index (χ0n) is 11.5. The van der Waals surface area contributed by atoms with Gasteiger partial charge >= 0.3 is 12.1 Å². The van der Waals surface area contributed by atoms with E-state index in [1.54, 1.807) is 27.7 Å². The Morgan fingerprint density at radius 2 is 1.89 bits per heavy atom. The van der Waals surface area contributed by atoms with Gasteiger partial charge in [0.05, 0.1) is 19.8 Å². The second-order valence-corrected chi connectivity index (χ2v) is 5.61. The number of esters is 1.